The fourth-order valence-electron chi connectivity index (χ4n) is 2.68. The molecule has 1 atom stereocenters. The second-order valence-corrected chi connectivity index (χ2v) is 7.57. The van der Waals surface area contributed by atoms with E-state index in [1.165, 1.54) is 18.3 Å². The van der Waals surface area contributed by atoms with E-state index >= 15 is 0 Å². The molecule has 0 spiro atoms. The van der Waals surface area contributed by atoms with Crippen molar-refractivity contribution in [3.05, 3.63) is 57.6 Å². The number of benzene rings is 2. The van der Waals surface area contributed by atoms with E-state index in [0.717, 1.165) is 11.6 Å². The topological polar surface area (TPSA) is 123 Å². The molecule has 1 aliphatic heterocycles. The lowest BCUT2D eigenvalue weighted by atomic mass is 9.87. The summed E-state index contributed by atoms with van der Waals surface area (Å²) >= 11 is 0. The summed E-state index contributed by atoms with van der Waals surface area (Å²) in [5.74, 6) is 0.0995. The molecule has 9 heteroatoms. The van der Waals surface area contributed by atoms with Crippen LogP contribution in [0.4, 0.5) is 5.69 Å². The molecular formula is C20H21N3O6. The van der Waals surface area contributed by atoms with Gasteiger partial charge in [-0.2, -0.15) is 5.10 Å². The molecule has 0 aromatic heterocycles. The number of carbonyl (C=O) groups is 1. The van der Waals surface area contributed by atoms with Gasteiger partial charge in [-0.3, -0.25) is 14.9 Å². The molecule has 0 saturated carbocycles. The minimum atomic E-state index is -0.885. The highest BCUT2D eigenvalue weighted by Gasteiger charge is 2.28. The summed E-state index contributed by atoms with van der Waals surface area (Å²) in [6, 6.07) is 9.40. The van der Waals surface area contributed by atoms with Crippen molar-refractivity contribution in [2.75, 3.05) is 6.61 Å². The van der Waals surface area contributed by atoms with E-state index in [1.54, 1.807) is 0 Å². The molecule has 9 nitrogen and oxygen atoms in total. The number of carbonyl (C=O) groups excluding carboxylic acids is 1. The molecule has 0 unspecified atom stereocenters. The maximum absolute atomic E-state index is 12.3. The average molecular weight is 399 g/mol. The summed E-state index contributed by atoms with van der Waals surface area (Å²) in [5.41, 5.74) is 3.20. The van der Waals surface area contributed by atoms with Crippen molar-refractivity contribution < 1.29 is 24.3 Å². The smallest absolute Gasteiger partial charge is 0.311 e. The van der Waals surface area contributed by atoms with Crippen LogP contribution in [0.2, 0.25) is 0 Å². The number of nitrogens with zero attached hydrogens (tertiary/aromatic N) is 2. The van der Waals surface area contributed by atoms with E-state index < -0.39 is 28.4 Å². The van der Waals surface area contributed by atoms with E-state index in [-0.39, 0.29) is 12.0 Å². The van der Waals surface area contributed by atoms with E-state index in [1.807, 2.05) is 18.2 Å². The third-order valence-electron chi connectivity index (χ3n) is 4.35. The van der Waals surface area contributed by atoms with E-state index in [0.29, 0.717) is 17.1 Å². The van der Waals surface area contributed by atoms with Crippen LogP contribution in [0, 0.1) is 10.1 Å². The first kappa shape index (κ1) is 20.1. The van der Waals surface area contributed by atoms with Crippen molar-refractivity contribution in [2.45, 2.75) is 32.3 Å². The molecule has 2 N–H and O–H groups in total. The van der Waals surface area contributed by atoms with Crippen molar-refractivity contribution in [2.24, 2.45) is 5.10 Å². The van der Waals surface area contributed by atoms with Crippen LogP contribution in [-0.4, -0.2) is 34.9 Å². The molecular weight excluding hydrogens is 378 g/mol. The molecule has 0 fully saturated rings. The van der Waals surface area contributed by atoms with Crippen molar-refractivity contribution >= 4 is 17.8 Å². The Labute approximate surface area is 167 Å². The molecule has 0 bridgehead atoms. The number of fused-ring (bicyclic) bond motifs is 1. The summed E-state index contributed by atoms with van der Waals surface area (Å²) in [7, 11) is 0. The van der Waals surface area contributed by atoms with Gasteiger partial charge < -0.3 is 14.6 Å². The molecule has 0 saturated heterocycles. The van der Waals surface area contributed by atoms with Gasteiger partial charge in [0, 0.05) is 11.6 Å². The monoisotopic (exact) mass is 399 g/mol. The summed E-state index contributed by atoms with van der Waals surface area (Å²) in [4.78, 5) is 22.5. The highest BCUT2D eigenvalue weighted by atomic mass is 16.6. The van der Waals surface area contributed by atoms with Gasteiger partial charge in [0.2, 0.25) is 6.10 Å². The van der Waals surface area contributed by atoms with Crippen LogP contribution in [0.3, 0.4) is 0 Å². The van der Waals surface area contributed by atoms with Gasteiger partial charge >= 0.3 is 5.69 Å². The van der Waals surface area contributed by atoms with E-state index in [9.17, 15) is 20.0 Å². The van der Waals surface area contributed by atoms with Gasteiger partial charge in [-0.25, -0.2) is 5.43 Å². The van der Waals surface area contributed by atoms with Crippen LogP contribution >= 0.6 is 0 Å². The van der Waals surface area contributed by atoms with Gasteiger partial charge in [0.15, 0.2) is 17.2 Å². The number of rotatable bonds is 4. The van der Waals surface area contributed by atoms with Crippen molar-refractivity contribution in [3.8, 4) is 17.2 Å². The number of amides is 1. The Balaban J connectivity index is 1.66. The Morgan fingerprint density at radius 3 is 2.72 bits per heavy atom. The molecule has 0 radical (unpaired) electrons. The van der Waals surface area contributed by atoms with Gasteiger partial charge in [0.1, 0.15) is 6.61 Å². The highest BCUT2D eigenvalue weighted by Crippen LogP contribution is 2.36. The van der Waals surface area contributed by atoms with Crippen LogP contribution in [0.5, 0.6) is 17.2 Å². The first-order chi connectivity index (χ1) is 13.6. The third kappa shape index (κ3) is 4.63. The molecule has 0 aliphatic carbocycles. The highest BCUT2D eigenvalue weighted by molar-refractivity contribution is 5.85. The van der Waals surface area contributed by atoms with Crippen molar-refractivity contribution in [1.82, 2.24) is 5.43 Å². The number of nitrogens with one attached hydrogen (secondary N) is 1. The lowest BCUT2D eigenvalue weighted by Crippen LogP contribution is -2.42. The molecule has 1 heterocycles. The number of aromatic hydroxyl groups is 1. The van der Waals surface area contributed by atoms with Gasteiger partial charge in [-0.1, -0.05) is 26.8 Å². The SMILES string of the molecule is CC(C)(C)c1ccc2c(c1)O[C@@H](C(=O)NN=Cc1ccc(O)c([N+](=O)[O-])c1)CO2. The largest absolute Gasteiger partial charge is 0.502 e. The maximum atomic E-state index is 12.3. The number of nitro groups is 1. The summed E-state index contributed by atoms with van der Waals surface area (Å²) in [6.07, 6.45) is 0.351. The average Bonchev–Trinajstić information content (AvgIpc) is 2.67. The lowest BCUT2D eigenvalue weighted by molar-refractivity contribution is -0.385. The van der Waals surface area contributed by atoms with Gasteiger partial charge in [-0.15, -0.1) is 0 Å². The van der Waals surface area contributed by atoms with Crippen LogP contribution < -0.4 is 14.9 Å². The Hall–Kier alpha value is -3.62. The zero-order valence-electron chi connectivity index (χ0n) is 16.2. The van der Waals surface area contributed by atoms with Crippen LogP contribution in [0.1, 0.15) is 31.9 Å². The number of phenolic OH excluding ortho intramolecular Hbond substituents is 1. The second-order valence-electron chi connectivity index (χ2n) is 7.57. The first-order valence-electron chi connectivity index (χ1n) is 8.89. The Morgan fingerprint density at radius 2 is 2.03 bits per heavy atom. The first-order valence-corrected chi connectivity index (χ1v) is 8.89. The van der Waals surface area contributed by atoms with E-state index in [2.05, 4.69) is 31.3 Å². The Morgan fingerprint density at radius 1 is 1.28 bits per heavy atom. The molecule has 3 rings (SSSR count). The normalized spacial score (nSPS) is 15.9. The number of ether oxygens (including phenoxy) is 2. The maximum Gasteiger partial charge on any atom is 0.311 e. The number of hydrazone groups is 1. The number of phenols is 1. The molecule has 2 aromatic rings. The molecule has 2 aromatic carbocycles. The summed E-state index contributed by atoms with van der Waals surface area (Å²) in [6.45, 7) is 6.26. The number of nitro benzene ring substituents is 1. The fourth-order valence-corrected chi connectivity index (χ4v) is 2.68. The van der Waals surface area contributed by atoms with Gasteiger partial charge in [-0.05, 0) is 35.2 Å². The molecule has 1 amide bonds. The molecule has 1 aliphatic rings. The zero-order chi connectivity index (χ0) is 21.2. The van der Waals surface area contributed by atoms with E-state index in [4.69, 9.17) is 9.47 Å². The van der Waals surface area contributed by atoms with Gasteiger partial charge in [0.25, 0.3) is 5.91 Å². The third-order valence-corrected chi connectivity index (χ3v) is 4.35. The second kappa shape index (κ2) is 7.78. The molecule has 29 heavy (non-hydrogen) atoms. The predicted molar refractivity (Wildman–Crippen MR) is 106 cm³/mol. The van der Waals surface area contributed by atoms with Crippen LogP contribution in [0.15, 0.2) is 41.5 Å². The molecule has 152 valence electrons. The fraction of sp³-hybridized carbons (Fsp3) is 0.300. The standard InChI is InChI=1S/C20H21N3O6/c1-20(2,3)13-5-7-16-17(9-13)29-18(11-28-16)19(25)22-21-10-12-4-6-15(24)14(8-12)23(26)27/h4-10,18,24H,11H2,1-3H3,(H,22,25)/t18-/m1/s1. The quantitative estimate of drug-likeness (QED) is 0.463. The Bertz CT molecular complexity index is 981. The zero-order valence-corrected chi connectivity index (χ0v) is 16.2. The number of hydrogen-bond acceptors (Lipinski definition) is 7. The van der Waals surface area contributed by atoms with Crippen LogP contribution in [0.25, 0.3) is 0 Å². The summed E-state index contributed by atoms with van der Waals surface area (Å²) in [5, 5.41) is 24.1. The lowest BCUT2D eigenvalue weighted by Gasteiger charge is -2.27. The van der Waals surface area contributed by atoms with Gasteiger partial charge in [0.05, 0.1) is 11.1 Å². The minimum Gasteiger partial charge on any atom is -0.502 e. The number of hydrogen-bond donors (Lipinski definition) is 2. The van der Waals surface area contributed by atoms with Crippen molar-refractivity contribution in [3.63, 3.8) is 0 Å². The predicted octanol–water partition coefficient (Wildman–Crippen LogP) is 2.89. The van der Waals surface area contributed by atoms with Crippen molar-refractivity contribution in [1.29, 1.82) is 0 Å². The van der Waals surface area contributed by atoms with Crippen LogP contribution in [-0.2, 0) is 10.2 Å². The Kier molecular flexibility index (Phi) is 5.40. The summed E-state index contributed by atoms with van der Waals surface area (Å²) < 4.78 is 11.4. The minimum absolute atomic E-state index is 0.0356.